The fourth-order valence-corrected chi connectivity index (χ4v) is 2.22. The van der Waals surface area contributed by atoms with Crippen LogP contribution in [0, 0.1) is 5.41 Å². The Morgan fingerprint density at radius 2 is 1.94 bits per heavy atom. The molecule has 2 atom stereocenters. The third-order valence-electron chi connectivity index (χ3n) is 3.33. The maximum atomic E-state index is 6.09. The van der Waals surface area contributed by atoms with E-state index in [-0.39, 0.29) is 11.5 Å². The molecular formula is C14H21NO. The molecule has 1 aliphatic rings. The van der Waals surface area contributed by atoms with Gasteiger partial charge in [0.05, 0.1) is 0 Å². The molecule has 0 bridgehead atoms. The minimum atomic E-state index is 0.183. The summed E-state index contributed by atoms with van der Waals surface area (Å²) in [6, 6.07) is 8.74. The minimum Gasteiger partial charge on any atom is -0.489 e. The van der Waals surface area contributed by atoms with Gasteiger partial charge in [0.25, 0.3) is 0 Å². The maximum Gasteiger partial charge on any atom is 0.124 e. The Labute approximate surface area is 98.0 Å². The SMILES string of the molecule is CNC1CC(C(C)(C)C)Oc2ccccc21. The molecule has 2 nitrogen and oxygen atoms in total. The van der Waals surface area contributed by atoms with Crippen LogP contribution >= 0.6 is 0 Å². The van der Waals surface area contributed by atoms with Crippen molar-refractivity contribution in [3.8, 4) is 5.75 Å². The standard InChI is InChI=1S/C14H21NO/c1-14(2,3)13-9-11(15-4)10-7-5-6-8-12(10)16-13/h5-8,11,13,15H,9H2,1-4H3. The van der Waals surface area contributed by atoms with Crippen molar-refractivity contribution in [1.29, 1.82) is 0 Å². The second-order valence-corrected chi connectivity index (χ2v) is 5.59. The molecule has 0 fully saturated rings. The van der Waals surface area contributed by atoms with Crippen LogP contribution in [0.3, 0.4) is 0 Å². The van der Waals surface area contributed by atoms with E-state index < -0.39 is 0 Å². The van der Waals surface area contributed by atoms with Crippen LogP contribution in [0.15, 0.2) is 24.3 Å². The molecule has 1 heterocycles. The van der Waals surface area contributed by atoms with Gasteiger partial charge in [-0.3, -0.25) is 0 Å². The summed E-state index contributed by atoms with van der Waals surface area (Å²) in [5.41, 5.74) is 1.47. The van der Waals surface area contributed by atoms with E-state index in [2.05, 4.69) is 44.3 Å². The van der Waals surface area contributed by atoms with Crippen LogP contribution in [-0.2, 0) is 0 Å². The number of fused-ring (bicyclic) bond motifs is 1. The van der Waals surface area contributed by atoms with E-state index in [0.29, 0.717) is 6.04 Å². The van der Waals surface area contributed by atoms with Gasteiger partial charge in [-0.15, -0.1) is 0 Å². The Morgan fingerprint density at radius 1 is 1.25 bits per heavy atom. The zero-order chi connectivity index (χ0) is 11.8. The van der Waals surface area contributed by atoms with Gasteiger partial charge in [0.2, 0.25) is 0 Å². The van der Waals surface area contributed by atoms with Crippen molar-refractivity contribution in [2.24, 2.45) is 5.41 Å². The zero-order valence-corrected chi connectivity index (χ0v) is 10.6. The van der Waals surface area contributed by atoms with Crippen LogP contribution in [0.1, 0.15) is 38.8 Å². The van der Waals surface area contributed by atoms with E-state index in [1.54, 1.807) is 0 Å². The molecule has 0 aliphatic carbocycles. The molecule has 88 valence electrons. The Kier molecular flexibility index (Phi) is 2.94. The van der Waals surface area contributed by atoms with Gasteiger partial charge >= 0.3 is 0 Å². The van der Waals surface area contributed by atoms with E-state index in [1.807, 2.05) is 13.1 Å². The van der Waals surface area contributed by atoms with Gasteiger partial charge in [-0.25, -0.2) is 0 Å². The summed E-state index contributed by atoms with van der Waals surface area (Å²) in [5.74, 6) is 1.04. The summed E-state index contributed by atoms with van der Waals surface area (Å²) < 4.78 is 6.09. The summed E-state index contributed by atoms with van der Waals surface area (Å²) >= 11 is 0. The van der Waals surface area contributed by atoms with Crippen LogP contribution in [-0.4, -0.2) is 13.2 Å². The predicted octanol–water partition coefficient (Wildman–Crippen LogP) is 3.14. The first-order valence-corrected chi connectivity index (χ1v) is 5.95. The van der Waals surface area contributed by atoms with Gasteiger partial charge in [-0.2, -0.15) is 0 Å². The molecular weight excluding hydrogens is 198 g/mol. The second-order valence-electron chi connectivity index (χ2n) is 5.59. The Bertz CT molecular complexity index is 367. The van der Waals surface area contributed by atoms with Gasteiger partial charge in [-0.05, 0) is 18.5 Å². The predicted molar refractivity (Wildman–Crippen MR) is 66.7 cm³/mol. The third kappa shape index (κ3) is 2.07. The highest BCUT2D eigenvalue weighted by Gasteiger charge is 2.34. The van der Waals surface area contributed by atoms with Crippen LogP contribution in [0.5, 0.6) is 5.75 Å². The number of para-hydroxylation sites is 1. The highest BCUT2D eigenvalue weighted by Crippen LogP contribution is 2.39. The van der Waals surface area contributed by atoms with Gasteiger partial charge in [0.1, 0.15) is 11.9 Å². The molecule has 0 aromatic heterocycles. The molecule has 16 heavy (non-hydrogen) atoms. The van der Waals surface area contributed by atoms with Crippen molar-refractivity contribution in [2.45, 2.75) is 39.3 Å². The van der Waals surface area contributed by atoms with Crippen LogP contribution in [0.2, 0.25) is 0 Å². The molecule has 0 saturated carbocycles. The van der Waals surface area contributed by atoms with Gasteiger partial charge in [-0.1, -0.05) is 39.0 Å². The van der Waals surface area contributed by atoms with E-state index >= 15 is 0 Å². The molecule has 0 amide bonds. The van der Waals surface area contributed by atoms with Crippen molar-refractivity contribution in [3.63, 3.8) is 0 Å². The van der Waals surface area contributed by atoms with Crippen molar-refractivity contribution in [1.82, 2.24) is 5.32 Å². The van der Waals surface area contributed by atoms with E-state index in [4.69, 9.17) is 4.74 Å². The Balaban J connectivity index is 2.32. The molecule has 0 radical (unpaired) electrons. The number of rotatable bonds is 1. The number of hydrogen-bond donors (Lipinski definition) is 1. The molecule has 1 aromatic carbocycles. The lowest BCUT2D eigenvalue weighted by Crippen LogP contribution is -2.39. The average molecular weight is 219 g/mol. The lowest BCUT2D eigenvalue weighted by atomic mass is 9.82. The molecule has 0 spiro atoms. The molecule has 1 aliphatic heterocycles. The van der Waals surface area contributed by atoms with Gasteiger partial charge in [0.15, 0.2) is 0 Å². The maximum absolute atomic E-state index is 6.09. The van der Waals surface area contributed by atoms with Crippen LogP contribution in [0.25, 0.3) is 0 Å². The average Bonchev–Trinajstić information content (AvgIpc) is 2.26. The topological polar surface area (TPSA) is 21.3 Å². The number of ether oxygens (including phenoxy) is 1. The monoisotopic (exact) mass is 219 g/mol. The lowest BCUT2D eigenvalue weighted by Gasteiger charge is -2.39. The second kappa shape index (κ2) is 4.10. The van der Waals surface area contributed by atoms with E-state index in [9.17, 15) is 0 Å². The van der Waals surface area contributed by atoms with E-state index in [0.717, 1.165) is 12.2 Å². The fourth-order valence-electron chi connectivity index (χ4n) is 2.22. The van der Waals surface area contributed by atoms with Gasteiger partial charge in [0, 0.05) is 18.0 Å². The summed E-state index contributed by atoms with van der Waals surface area (Å²) in [7, 11) is 2.02. The summed E-state index contributed by atoms with van der Waals surface area (Å²) in [5, 5.41) is 3.38. The Hall–Kier alpha value is -1.02. The van der Waals surface area contributed by atoms with Crippen LogP contribution in [0.4, 0.5) is 0 Å². The summed E-state index contributed by atoms with van der Waals surface area (Å²) in [6.07, 6.45) is 1.32. The molecule has 1 N–H and O–H groups in total. The van der Waals surface area contributed by atoms with Crippen molar-refractivity contribution in [2.75, 3.05) is 7.05 Å². The van der Waals surface area contributed by atoms with Gasteiger partial charge < -0.3 is 10.1 Å². The quantitative estimate of drug-likeness (QED) is 0.783. The van der Waals surface area contributed by atoms with E-state index in [1.165, 1.54) is 5.56 Å². The smallest absolute Gasteiger partial charge is 0.124 e. The summed E-state index contributed by atoms with van der Waals surface area (Å²) in [6.45, 7) is 6.70. The normalized spacial score (nSPS) is 24.8. The largest absolute Gasteiger partial charge is 0.489 e. The third-order valence-corrected chi connectivity index (χ3v) is 3.33. The fraction of sp³-hybridized carbons (Fsp3) is 0.571. The summed E-state index contributed by atoms with van der Waals surface area (Å²) in [4.78, 5) is 0. The molecule has 2 heteroatoms. The Morgan fingerprint density at radius 3 is 2.56 bits per heavy atom. The molecule has 2 unspecified atom stereocenters. The molecule has 2 rings (SSSR count). The number of hydrogen-bond acceptors (Lipinski definition) is 2. The van der Waals surface area contributed by atoms with Crippen molar-refractivity contribution >= 4 is 0 Å². The van der Waals surface area contributed by atoms with Crippen molar-refractivity contribution in [3.05, 3.63) is 29.8 Å². The van der Waals surface area contributed by atoms with Crippen molar-refractivity contribution < 1.29 is 4.74 Å². The lowest BCUT2D eigenvalue weighted by molar-refractivity contribution is 0.0540. The first-order chi connectivity index (χ1) is 7.52. The highest BCUT2D eigenvalue weighted by molar-refractivity contribution is 5.38. The first-order valence-electron chi connectivity index (χ1n) is 5.95. The highest BCUT2D eigenvalue weighted by atomic mass is 16.5. The first kappa shape index (κ1) is 11.5. The zero-order valence-electron chi connectivity index (χ0n) is 10.6. The number of benzene rings is 1. The molecule has 1 aromatic rings. The number of nitrogens with one attached hydrogen (secondary N) is 1. The minimum absolute atomic E-state index is 0.183. The van der Waals surface area contributed by atoms with Crippen LogP contribution < -0.4 is 10.1 Å². The molecule has 0 saturated heterocycles.